The Morgan fingerprint density at radius 1 is 0.542 bits per heavy atom. The number of hydrogen-bond acceptors (Lipinski definition) is 1. The summed E-state index contributed by atoms with van der Waals surface area (Å²) < 4.78 is 0. The van der Waals surface area contributed by atoms with Gasteiger partial charge < -0.3 is 4.90 Å². The minimum atomic E-state index is 0.480. The molecule has 1 heterocycles. The van der Waals surface area contributed by atoms with E-state index in [0.717, 1.165) is 0 Å². The summed E-state index contributed by atoms with van der Waals surface area (Å²) in [7, 11) is 0.480. The molecule has 0 amide bonds. The standard InChI is InChI=1S/C22H22NS/c1-3-9-19(10-4-1)23(20-11-5-2-6-12-20)21-13-15-22(16-14-21)24-17-7-8-18-24/h1-6,9-16H,7-8,17-18H2/q+1. The van der Waals surface area contributed by atoms with Crippen molar-refractivity contribution in [3.05, 3.63) is 84.9 Å². The molecule has 1 fully saturated rings. The first-order valence-corrected chi connectivity index (χ1v) is 10.2. The molecule has 0 radical (unpaired) electrons. The van der Waals surface area contributed by atoms with Crippen molar-refractivity contribution in [2.45, 2.75) is 17.7 Å². The molecule has 0 saturated carbocycles. The summed E-state index contributed by atoms with van der Waals surface area (Å²) >= 11 is 0. The van der Waals surface area contributed by atoms with E-state index in [9.17, 15) is 0 Å². The second-order valence-electron chi connectivity index (χ2n) is 6.11. The van der Waals surface area contributed by atoms with Gasteiger partial charge in [0.05, 0.1) is 0 Å². The molecule has 3 aromatic rings. The zero-order chi connectivity index (χ0) is 16.2. The van der Waals surface area contributed by atoms with Gasteiger partial charge in [-0.25, -0.2) is 0 Å². The Bertz CT molecular complexity index is 723. The van der Waals surface area contributed by atoms with Crippen molar-refractivity contribution in [2.75, 3.05) is 16.4 Å². The lowest BCUT2D eigenvalue weighted by Gasteiger charge is -2.25. The molecule has 1 aliphatic heterocycles. The zero-order valence-corrected chi connectivity index (χ0v) is 14.6. The number of anilines is 3. The van der Waals surface area contributed by atoms with Crippen molar-refractivity contribution in [1.29, 1.82) is 0 Å². The predicted molar refractivity (Wildman–Crippen MR) is 106 cm³/mol. The second kappa shape index (κ2) is 7.14. The first-order chi connectivity index (χ1) is 11.9. The third kappa shape index (κ3) is 3.20. The Morgan fingerprint density at radius 3 is 1.50 bits per heavy atom. The Hall–Kier alpha value is -2.19. The monoisotopic (exact) mass is 332 g/mol. The topological polar surface area (TPSA) is 3.24 Å². The van der Waals surface area contributed by atoms with Crippen molar-refractivity contribution < 1.29 is 0 Å². The van der Waals surface area contributed by atoms with Crippen LogP contribution >= 0.6 is 0 Å². The van der Waals surface area contributed by atoms with Gasteiger partial charge in [0.1, 0.15) is 11.5 Å². The largest absolute Gasteiger partial charge is 0.311 e. The van der Waals surface area contributed by atoms with Crippen LogP contribution in [0.3, 0.4) is 0 Å². The van der Waals surface area contributed by atoms with Crippen LogP contribution in [0.25, 0.3) is 0 Å². The Labute approximate surface area is 147 Å². The van der Waals surface area contributed by atoms with E-state index in [2.05, 4.69) is 89.8 Å². The Morgan fingerprint density at radius 2 is 1.00 bits per heavy atom. The molecule has 0 aromatic heterocycles. The smallest absolute Gasteiger partial charge is 0.155 e. The van der Waals surface area contributed by atoms with Crippen LogP contribution in [0.2, 0.25) is 0 Å². The number of rotatable bonds is 4. The van der Waals surface area contributed by atoms with Crippen molar-refractivity contribution in [2.24, 2.45) is 0 Å². The van der Waals surface area contributed by atoms with Crippen LogP contribution in [0.15, 0.2) is 89.8 Å². The van der Waals surface area contributed by atoms with Crippen LogP contribution in [-0.2, 0) is 10.9 Å². The van der Waals surface area contributed by atoms with Gasteiger partial charge in [0, 0.05) is 28.0 Å². The van der Waals surface area contributed by atoms with Crippen molar-refractivity contribution in [3.63, 3.8) is 0 Å². The van der Waals surface area contributed by atoms with E-state index in [1.165, 1.54) is 46.3 Å². The van der Waals surface area contributed by atoms with Crippen LogP contribution in [0.1, 0.15) is 12.8 Å². The maximum Gasteiger partial charge on any atom is 0.155 e. The van der Waals surface area contributed by atoms with Gasteiger partial charge in [0.2, 0.25) is 0 Å². The quantitative estimate of drug-likeness (QED) is 0.535. The lowest BCUT2D eigenvalue weighted by molar-refractivity contribution is 0.949. The molecule has 1 saturated heterocycles. The van der Waals surface area contributed by atoms with E-state index in [-0.39, 0.29) is 0 Å². The lowest BCUT2D eigenvalue weighted by atomic mass is 10.2. The molecule has 0 atom stereocenters. The number of hydrogen-bond donors (Lipinski definition) is 0. The molecule has 4 rings (SSSR count). The van der Waals surface area contributed by atoms with E-state index in [0.29, 0.717) is 10.9 Å². The summed E-state index contributed by atoms with van der Waals surface area (Å²) in [6.45, 7) is 0. The minimum absolute atomic E-state index is 0.480. The molecule has 0 spiro atoms. The summed E-state index contributed by atoms with van der Waals surface area (Å²) in [5, 5.41) is 0. The molecule has 2 heteroatoms. The maximum absolute atomic E-state index is 2.34. The Balaban J connectivity index is 1.71. The summed E-state index contributed by atoms with van der Waals surface area (Å²) in [5.41, 5.74) is 3.61. The number of nitrogens with zero attached hydrogens (tertiary/aromatic N) is 1. The van der Waals surface area contributed by atoms with E-state index in [1.807, 2.05) is 0 Å². The average molecular weight is 332 g/mol. The highest BCUT2D eigenvalue weighted by atomic mass is 32.2. The van der Waals surface area contributed by atoms with Gasteiger partial charge in [-0.1, -0.05) is 36.4 Å². The van der Waals surface area contributed by atoms with Crippen molar-refractivity contribution in [3.8, 4) is 0 Å². The molecule has 0 N–H and O–H groups in total. The van der Waals surface area contributed by atoms with Gasteiger partial charge in [-0.05, 0) is 61.4 Å². The van der Waals surface area contributed by atoms with Gasteiger partial charge in [-0.3, -0.25) is 0 Å². The second-order valence-corrected chi connectivity index (χ2v) is 8.38. The lowest BCUT2D eigenvalue weighted by Crippen LogP contribution is -2.10. The van der Waals surface area contributed by atoms with E-state index < -0.39 is 0 Å². The molecule has 0 aliphatic carbocycles. The number of benzene rings is 3. The highest BCUT2D eigenvalue weighted by Gasteiger charge is 2.26. The summed E-state index contributed by atoms with van der Waals surface area (Å²) in [5.74, 6) is 2.75. The molecular formula is C22H22NS+. The molecule has 3 aromatic carbocycles. The zero-order valence-electron chi connectivity index (χ0n) is 13.8. The molecule has 1 nitrogen and oxygen atoms in total. The molecule has 0 bridgehead atoms. The van der Waals surface area contributed by atoms with Gasteiger partial charge in [0.25, 0.3) is 0 Å². The predicted octanol–water partition coefficient (Wildman–Crippen LogP) is 5.93. The first-order valence-electron chi connectivity index (χ1n) is 8.60. The third-order valence-corrected chi connectivity index (χ3v) is 6.99. The van der Waals surface area contributed by atoms with Gasteiger partial charge in [-0.15, -0.1) is 0 Å². The SMILES string of the molecule is c1ccc(N(c2ccccc2)c2ccc([S+]3CCCC3)cc2)cc1. The first kappa shape index (κ1) is 15.3. The third-order valence-electron chi connectivity index (χ3n) is 4.49. The fraction of sp³-hybridized carbons (Fsp3) is 0.182. The van der Waals surface area contributed by atoms with E-state index >= 15 is 0 Å². The maximum atomic E-state index is 2.34. The normalized spacial score (nSPS) is 14.7. The fourth-order valence-electron chi connectivity index (χ4n) is 3.28. The summed E-state index contributed by atoms with van der Waals surface area (Å²) in [6, 6.07) is 30.4. The van der Waals surface area contributed by atoms with Crippen molar-refractivity contribution in [1.82, 2.24) is 0 Å². The van der Waals surface area contributed by atoms with Crippen LogP contribution in [-0.4, -0.2) is 11.5 Å². The fourth-order valence-corrected chi connectivity index (χ4v) is 5.58. The molecule has 24 heavy (non-hydrogen) atoms. The van der Waals surface area contributed by atoms with E-state index in [1.54, 1.807) is 0 Å². The van der Waals surface area contributed by atoms with Crippen LogP contribution in [0.4, 0.5) is 17.1 Å². The highest BCUT2D eigenvalue weighted by molar-refractivity contribution is 7.97. The van der Waals surface area contributed by atoms with Crippen LogP contribution in [0, 0.1) is 0 Å². The van der Waals surface area contributed by atoms with Gasteiger partial charge in [-0.2, -0.15) is 0 Å². The van der Waals surface area contributed by atoms with Crippen molar-refractivity contribution >= 4 is 28.0 Å². The molecular weight excluding hydrogens is 310 g/mol. The Kier molecular flexibility index (Phi) is 4.57. The van der Waals surface area contributed by atoms with E-state index in [4.69, 9.17) is 0 Å². The minimum Gasteiger partial charge on any atom is -0.311 e. The number of para-hydroxylation sites is 2. The van der Waals surface area contributed by atoms with Gasteiger partial charge in [0.15, 0.2) is 4.90 Å². The summed E-state index contributed by atoms with van der Waals surface area (Å²) in [6.07, 6.45) is 2.79. The molecule has 1 aliphatic rings. The summed E-state index contributed by atoms with van der Waals surface area (Å²) in [4.78, 5) is 3.85. The highest BCUT2D eigenvalue weighted by Crippen LogP contribution is 2.35. The van der Waals surface area contributed by atoms with Gasteiger partial charge >= 0.3 is 0 Å². The van der Waals surface area contributed by atoms with Crippen LogP contribution in [0.5, 0.6) is 0 Å². The van der Waals surface area contributed by atoms with Crippen LogP contribution < -0.4 is 4.90 Å². The molecule has 0 unspecified atom stereocenters. The average Bonchev–Trinajstić information content (AvgIpc) is 3.19. The molecule has 120 valence electrons.